The van der Waals surface area contributed by atoms with Crippen molar-refractivity contribution in [1.29, 1.82) is 0 Å². The van der Waals surface area contributed by atoms with E-state index in [9.17, 15) is 0 Å². The van der Waals surface area contributed by atoms with Crippen molar-refractivity contribution in [3.8, 4) is 0 Å². The highest BCUT2D eigenvalue weighted by molar-refractivity contribution is 14.1. The highest BCUT2D eigenvalue weighted by Crippen LogP contribution is 2.37. The molecule has 0 amide bonds. The van der Waals surface area contributed by atoms with Crippen molar-refractivity contribution >= 4 is 34.2 Å². The second kappa shape index (κ2) is 7.90. The molecule has 0 spiro atoms. The Morgan fingerprint density at radius 2 is 2.00 bits per heavy atom. The van der Waals surface area contributed by atoms with Gasteiger partial charge in [-0.1, -0.05) is 37.8 Å². The van der Waals surface area contributed by atoms with E-state index in [-0.39, 0.29) is 6.10 Å². The van der Waals surface area contributed by atoms with Crippen molar-refractivity contribution in [2.75, 3.05) is 6.61 Å². The number of nitrogens with zero attached hydrogens (tertiary/aromatic N) is 2. The molecule has 1 atom stereocenters. The first kappa shape index (κ1) is 16.4. The van der Waals surface area contributed by atoms with E-state index in [1.54, 1.807) is 0 Å². The van der Waals surface area contributed by atoms with Crippen LogP contribution in [0.5, 0.6) is 0 Å². The molecule has 1 unspecified atom stereocenters. The Bertz CT molecular complexity index is 444. The SMILES string of the molecule is CCCC(OCC)c1nc(Cl)c(I)c(C2CCCC2)n1. The monoisotopic (exact) mass is 408 g/mol. The van der Waals surface area contributed by atoms with Crippen LogP contribution in [0.2, 0.25) is 5.15 Å². The van der Waals surface area contributed by atoms with E-state index in [0.717, 1.165) is 27.9 Å². The maximum Gasteiger partial charge on any atom is 0.159 e. The van der Waals surface area contributed by atoms with E-state index in [0.29, 0.717) is 17.7 Å². The molecule has 1 fully saturated rings. The van der Waals surface area contributed by atoms with Crippen LogP contribution < -0.4 is 0 Å². The topological polar surface area (TPSA) is 35.0 Å². The first-order chi connectivity index (χ1) is 9.67. The fraction of sp³-hybridized carbons (Fsp3) is 0.733. The molecule has 0 radical (unpaired) electrons. The lowest BCUT2D eigenvalue weighted by molar-refractivity contribution is 0.0491. The summed E-state index contributed by atoms with van der Waals surface area (Å²) in [4.78, 5) is 9.29. The van der Waals surface area contributed by atoms with E-state index in [1.165, 1.54) is 25.7 Å². The molecule has 1 aromatic heterocycles. The van der Waals surface area contributed by atoms with Crippen LogP contribution in [-0.2, 0) is 4.74 Å². The van der Waals surface area contributed by atoms with E-state index >= 15 is 0 Å². The molecular formula is C15H22ClIN2O. The van der Waals surface area contributed by atoms with Gasteiger partial charge in [-0.15, -0.1) is 0 Å². The van der Waals surface area contributed by atoms with Gasteiger partial charge in [-0.05, 0) is 48.8 Å². The Morgan fingerprint density at radius 3 is 2.60 bits per heavy atom. The second-order valence-electron chi connectivity index (χ2n) is 5.29. The lowest BCUT2D eigenvalue weighted by Gasteiger charge is -2.18. The molecule has 0 aromatic carbocycles. The number of aromatic nitrogens is 2. The summed E-state index contributed by atoms with van der Waals surface area (Å²) in [5.74, 6) is 1.31. The van der Waals surface area contributed by atoms with Crippen LogP contribution in [-0.4, -0.2) is 16.6 Å². The van der Waals surface area contributed by atoms with Gasteiger partial charge in [0, 0.05) is 12.5 Å². The maximum absolute atomic E-state index is 6.33. The minimum Gasteiger partial charge on any atom is -0.371 e. The smallest absolute Gasteiger partial charge is 0.159 e. The molecule has 1 aliphatic rings. The summed E-state index contributed by atoms with van der Waals surface area (Å²) in [5.41, 5.74) is 1.14. The highest BCUT2D eigenvalue weighted by atomic mass is 127. The van der Waals surface area contributed by atoms with Gasteiger partial charge in [0.2, 0.25) is 0 Å². The number of rotatable bonds is 6. The molecule has 5 heteroatoms. The predicted octanol–water partition coefficient (Wildman–Crippen LogP) is 5.27. The average molecular weight is 409 g/mol. The molecular weight excluding hydrogens is 387 g/mol. The standard InChI is InChI=1S/C15H22ClIN2O/c1-3-7-11(20-4-2)15-18-13(10-8-5-6-9-10)12(17)14(16)19-15/h10-11H,3-9H2,1-2H3. The molecule has 112 valence electrons. The van der Waals surface area contributed by atoms with Gasteiger partial charge in [0.05, 0.1) is 9.26 Å². The highest BCUT2D eigenvalue weighted by Gasteiger charge is 2.25. The van der Waals surface area contributed by atoms with Gasteiger partial charge in [0.15, 0.2) is 5.82 Å². The molecule has 1 heterocycles. The summed E-state index contributed by atoms with van der Waals surface area (Å²) in [6, 6.07) is 0. The van der Waals surface area contributed by atoms with Gasteiger partial charge in [0.1, 0.15) is 11.3 Å². The van der Waals surface area contributed by atoms with Crippen LogP contribution in [0, 0.1) is 3.57 Å². The third kappa shape index (κ3) is 3.83. The third-order valence-electron chi connectivity index (χ3n) is 3.80. The summed E-state index contributed by atoms with van der Waals surface area (Å²) >= 11 is 8.61. The summed E-state index contributed by atoms with van der Waals surface area (Å²) < 4.78 is 6.81. The fourth-order valence-electron chi connectivity index (χ4n) is 2.82. The van der Waals surface area contributed by atoms with Crippen molar-refractivity contribution < 1.29 is 4.74 Å². The van der Waals surface area contributed by atoms with E-state index < -0.39 is 0 Å². The van der Waals surface area contributed by atoms with Crippen molar-refractivity contribution in [3.05, 3.63) is 20.2 Å². The molecule has 0 bridgehead atoms. The molecule has 2 rings (SSSR count). The first-order valence-corrected chi connectivity index (χ1v) is 8.97. The number of ether oxygens (including phenoxy) is 1. The lowest BCUT2D eigenvalue weighted by atomic mass is 10.0. The Kier molecular flexibility index (Phi) is 6.49. The van der Waals surface area contributed by atoms with Crippen molar-refractivity contribution in [3.63, 3.8) is 0 Å². The molecule has 3 nitrogen and oxygen atoms in total. The molecule has 20 heavy (non-hydrogen) atoms. The zero-order valence-electron chi connectivity index (χ0n) is 12.2. The van der Waals surface area contributed by atoms with Gasteiger partial charge >= 0.3 is 0 Å². The van der Waals surface area contributed by atoms with Crippen molar-refractivity contribution in [2.24, 2.45) is 0 Å². The Balaban J connectivity index is 2.33. The molecule has 0 aliphatic heterocycles. The average Bonchev–Trinajstić information content (AvgIpc) is 2.95. The minimum atomic E-state index is -0.0281. The summed E-state index contributed by atoms with van der Waals surface area (Å²) in [6.45, 7) is 4.84. The summed E-state index contributed by atoms with van der Waals surface area (Å²) in [6.07, 6.45) is 6.99. The Morgan fingerprint density at radius 1 is 1.30 bits per heavy atom. The molecule has 0 N–H and O–H groups in total. The number of hydrogen-bond donors (Lipinski definition) is 0. The van der Waals surface area contributed by atoms with Gasteiger partial charge in [-0.3, -0.25) is 0 Å². The second-order valence-corrected chi connectivity index (χ2v) is 6.72. The quantitative estimate of drug-likeness (QED) is 0.475. The normalized spacial score (nSPS) is 17.6. The number of halogens is 2. The van der Waals surface area contributed by atoms with Crippen LogP contribution in [0.3, 0.4) is 0 Å². The number of hydrogen-bond acceptors (Lipinski definition) is 3. The molecule has 1 aliphatic carbocycles. The first-order valence-electron chi connectivity index (χ1n) is 7.51. The van der Waals surface area contributed by atoms with Crippen molar-refractivity contribution in [1.82, 2.24) is 9.97 Å². The van der Waals surface area contributed by atoms with Gasteiger partial charge < -0.3 is 4.74 Å². The minimum absolute atomic E-state index is 0.0281. The van der Waals surface area contributed by atoms with Gasteiger partial charge in [-0.25, -0.2) is 9.97 Å². The zero-order valence-corrected chi connectivity index (χ0v) is 15.1. The summed E-state index contributed by atoms with van der Waals surface area (Å²) in [5, 5.41) is 0.582. The van der Waals surface area contributed by atoms with E-state index in [2.05, 4.69) is 34.5 Å². The van der Waals surface area contributed by atoms with Gasteiger partial charge in [-0.2, -0.15) is 0 Å². The zero-order chi connectivity index (χ0) is 14.5. The molecule has 1 aromatic rings. The van der Waals surface area contributed by atoms with Crippen LogP contribution in [0.15, 0.2) is 0 Å². The maximum atomic E-state index is 6.33. The largest absolute Gasteiger partial charge is 0.371 e. The van der Waals surface area contributed by atoms with Crippen molar-refractivity contribution in [2.45, 2.75) is 64.4 Å². The predicted molar refractivity (Wildman–Crippen MR) is 90.2 cm³/mol. The Labute approximate surface area is 140 Å². The Hall–Kier alpha value is 0.0600. The fourth-order valence-corrected chi connectivity index (χ4v) is 3.68. The van der Waals surface area contributed by atoms with Crippen LogP contribution in [0.25, 0.3) is 0 Å². The summed E-state index contributed by atoms with van der Waals surface area (Å²) in [7, 11) is 0. The molecule has 0 saturated heterocycles. The molecule has 1 saturated carbocycles. The van der Waals surface area contributed by atoms with Gasteiger partial charge in [0.25, 0.3) is 0 Å². The van der Waals surface area contributed by atoms with E-state index in [1.807, 2.05) is 6.92 Å². The van der Waals surface area contributed by atoms with Crippen LogP contribution in [0.4, 0.5) is 0 Å². The van der Waals surface area contributed by atoms with Crippen LogP contribution >= 0.6 is 34.2 Å². The van der Waals surface area contributed by atoms with E-state index in [4.69, 9.17) is 21.3 Å². The lowest BCUT2D eigenvalue weighted by Crippen LogP contribution is -2.13. The third-order valence-corrected chi connectivity index (χ3v) is 5.46. The van der Waals surface area contributed by atoms with Crippen LogP contribution in [0.1, 0.15) is 75.9 Å².